The van der Waals surface area contributed by atoms with E-state index in [0.717, 1.165) is 16.1 Å². The van der Waals surface area contributed by atoms with E-state index in [0.29, 0.717) is 16.8 Å². The first-order chi connectivity index (χ1) is 12.3. The number of rotatable bonds is 4. The number of ether oxygens (including phenoxy) is 1. The molecule has 25 heavy (non-hydrogen) atoms. The number of nitroso groups, excluding NO2 is 1. The van der Waals surface area contributed by atoms with E-state index in [1.807, 2.05) is 54.6 Å². The maximum absolute atomic E-state index is 11.0. The summed E-state index contributed by atoms with van der Waals surface area (Å²) in [6.45, 7) is 0. The molecule has 0 fully saturated rings. The summed E-state index contributed by atoms with van der Waals surface area (Å²) in [5, 5.41) is 7.50. The van der Waals surface area contributed by atoms with Gasteiger partial charge in [0.1, 0.15) is 29.3 Å². The highest BCUT2D eigenvalue weighted by Crippen LogP contribution is 2.31. The lowest BCUT2D eigenvalue weighted by Gasteiger charge is -2.06. The summed E-state index contributed by atoms with van der Waals surface area (Å²) in [6, 6.07) is 16.7. The molecule has 2 aromatic carbocycles. The topological polar surface area (TPSA) is 108 Å². The fourth-order valence-corrected chi connectivity index (χ4v) is 2.52. The highest BCUT2D eigenvalue weighted by molar-refractivity contribution is 5.98. The van der Waals surface area contributed by atoms with Crippen molar-refractivity contribution in [1.82, 2.24) is 19.9 Å². The van der Waals surface area contributed by atoms with Gasteiger partial charge in [-0.3, -0.25) is 0 Å². The molecule has 0 aliphatic heterocycles. The van der Waals surface area contributed by atoms with Crippen LogP contribution in [0.25, 0.3) is 22.3 Å². The molecule has 0 saturated carbocycles. The highest BCUT2D eigenvalue weighted by atomic mass is 16.5. The molecular formula is C17H12N6O2. The standard InChI is InChI=1S/C17H12N6O2/c18-16-14-15(21-23(22-24)17(14)20-10-19-16)11-6-8-13(9-7-11)25-12-4-2-1-3-5-12/h1-10H,(H2,18,19,20). The van der Waals surface area contributed by atoms with Crippen LogP contribution in [0.15, 0.2) is 66.2 Å². The molecule has 0 spiro atoms. The second kappa shape index (κ2) is 6.00. The van der Waals surface area contributed by atoms with E-state index in [4.69, 9.17) is 10.5 Å². The van der Waals surface area contributed by atoms with Crippen molar-refractivity contribution in [2.75, 3.05) is 5.73 Å². The quantitative estimate of drug-likeness (QED) is 0.574. The minimum Gasteiger partial charge on any atom is -0.457 e. The first kappa shape index (κ1) is 14.8. The van der Waals surface area contributed by atoms with Crippen LogP contribution in [0.5, 0.6) is 11.5 Å². The largest absolute Gasteiger partial charge is 0.457 e. The van der Waals surface area contributed by atoms with Crippen LogP contribution >= 0.6 is 0 Å². The molecule has 0 atom stereocenters. The van der Waals surface area contributed by atoms with Gasteiger partial charge in [0.05, 0.1) is 10.7 Å². The third-order valence-corrected chi connectivity index (χ3v) is 3.66. The number of hydrogen-bond donors (Lipinski definition) is 1. The van der Waals surface area contributed by atoms with E-state index in [-0.39, 0.29) is 11.5 Å². The Hall–Kier alpha value is -3.81. The third kappa shape index (κ3) is 2.65. The Kier molecular flexibility index (Phi) is 3.55. The normalized spacial score (nSPS) is 10.7. The molecule has 2 heterocycles. The highest BCUT2D eigenvalue weighted by Gasteiger charge is 2.17. The Morgan fingerprint density at radius 1 is 0.960 bits per heavy atom. The van der Waals surface area contributed by atoms with Crippen LogP contribution in [0, 0.1) is 4.91 Å². The monoisotopic (exact) mass is 332 g/mol. The van der Waals surface area contributed by atoms with Gasteiger partial charge < -0.3 is 10.5 Å². The molecule has 0 saturated heterocycles. The summed E-state index contributed by atoms with van der Waals surface area (Å²) in [7, 11) is 0. The Bertz CT molecular complexity index is 1040. The summed E-state index contributed by atoms with van der Waals surface area (Å²) < 4.78 is 5.76. The molecular weight excluding hydrogens is 320 g/mol. The van der Waals surface area contributed by atoms with E-state index in [9.17, 15) is 4.91 Å². The molecule has 0 bridgehead atoms. The number of benzene rings is 2. The zero-order valence-electron chi connectivity index (χ0n) is 12.9. The number of anilines is 1. The van der Waals surface area contributed by atoms with Gasteiger partial charge in [-0.1, -0.05) is 23.0 Å². The lowest BCUT2D eigenvalue weighted by atomic mass is 10.1. The zero-order valence-corrected chi connectivity index (χ0v) is 12.9. The molecule has 2 aromatic heterocycles. The average Bonchev–Trinajstić information content (AvgIpc) is 3.03. The van der Waals surface area contributed by atoms with E-state index >= 15 is 0 Å². The van der Waals surface area contributed by atoms with Crippen molar-refractivity contribution in [3.8, 4) is 22.8 Å². The summed E-state index contributed by atoms with van der Waals surface area (Å²) in [5.41, 5.74) is 7.42. The number of para-hydroxylation sites is 1. The minimum atomic E-state index is 0.236. The van der Waals surface area contributed by atoms with E-state index < -0.39 is 0 Å². The van der Waals surface area contributed by atoms with Gasteiger partial charge in [0, 0.05) is 5.56 Å². The summed E-state index contributed by atoms with van der Waals surface area (Å²) in [4.78, 5) is 19.8. The van der Waals surface area contributed by atoms with Crippen LogP contribution in [-0.2, 0) is 0 Å². The molecule has 4 aromatic rings. The predicted octanol–water partition coefficient (Wildman–Crippen LogP) is 3.40. The molecule has 0 aliphatic rings. The van der Waals surface area contributed by atoms with Crippen molar-refractivity contribution >= 4 is 16.9 Å². The first-order valence-corrected chi connectivity index (χ1v) is 7.42. The summed E-state index contributed by atoms with van der Waals surface area (Å²) in [6.07, 6.45) is 1.27. The molecule has 122 valence electrons. The molecule has 8 heteroatoms. The van der Waals surface area contributed by atoms with Crippen LogP contribution in [0.1, 0.15) is 0 Å². The molecule has 0 amide bonds. The smallest absolute Gasteiger partial charge is 0.192 e. The number of fused-ring (bicyclic) bond motifs is 1. The van der Waals surface area contributed by atoms with Crippen molar-refractivity contribution in [1.29, 1.82) is 0 Å². The third-order valence-electron chi connectivity index (χ3n) is 3.66. The number of nitrogens with two attached hydrogens (primary N) is 1. The van der Waals surface area contributed by atoms with Gasteiger partial charge in [-0.2, -0.15) is 0 Å². The SMILES string of the molecule is Nc1ncnc2c1c(-c1ccc(Oc3ccccc3)cc1)nn2N=O. The number of nitrogens with zero attached hydrogens (tertiary/aromatic N) is 5. The molecule has 0 unspecified atom stereocenters. The second-order valence-corrected chi connectivity index (χ2v) is 5.22. The number of aromatic nitrogens is 4. The van der Waals surface area contributed by atoms with E-state index in [1.54, 1.807) is 0 Å². The molecule has 8 nitrogen and oxygen atoms in total. The van der Waals surface area contributed by atoms with Crippen molar-refractivity contribution in [3.05, 3.63) is 65.8 Å². The Morgan fingerprint density at radius 3 is 2.40 bits per heavy atom. The Labute approximate surface area is 141 Å². The van der Waals surface area contributed by atoms with Crippen LogP contribution in [-0.4, -0.2) is 19.9 Å². The fourth-order valence-electron chi connectivity index (χ4n) is 2.52. The van der Waals surface area contributed by atoms with Crippen LogP contribution in [0.4, 0.5) is 5.82 Å². The number of hydrogen-bond acceptors (Lipinski definition) is 7. The van der Waals surface area contributed by atoms with Crippen molar-refractivity contribution in [2.45, 2.75) is 0 Å². The Morgan fingerprint density at radius 2 is 1.68 bits per heavy atom. The fraction of sp³-hybridized carbons (Fsp3) is 0. The lowest BCUT2D eigenvalue weighted by Crippen LogP contribution is -1.94. The van der Waals surface area contributed by atoms with Gasteiger partial charge in [0.15, 0.2) is 5.65 Å². The minimum absolute atomic E-state index is 0.236. The second-order valence-electron chi connectivity index (χ2n) is 5.22. The lowest BCUT2D eigenvalue weighted by molar-refractivity contribution is 0.483. The van der Waals surface area contributed by atoms with Crippen molar-refractivity contribution in [2.24, 2.45) is 5.29 Å². The van der Waals surface area contributed by atoms with Crippen molar-refractivity contribution < 1.29 is 4.74 Å². The summed E-state index contributed by atoms with van der Waals surface area (Å²) >= 11 is 0. The molecule has 0 aliphatic carbocycles. The van der Waals surface area contributed by atoms with Gasteiger partial charge in [0.2, 0.25) is 0 Å². The molecule has 0 radical (unpaired) electrons. The van der Waals surface area contributed by atoms with Crippen LogP contribution < -0.4 is 10.5 Å². The molecule has 4 rings (SSSR count). The van der Waals surface area contributed by atoms with Crippen LogP contribution in [0.3, 0.4) is 0 Å². The van der Waals surface area contributed by atoms with Crippen LogP contribution in [0.2, 0.25) is 0 Å². The summed E-state index contributed by atoms with van der Waals surface area (Å²) in [5.74, 6) is 1.66. The van der Waals surface area contributed by atoms with Gasteiger partial charge >= 0.3 is 0 Å². The Balaban J connectivity index is 1.73. The maximum atomic E-state index is 11.0. The molecule has 2 N–H and O–H groups in total. The van der Waals surface area contributed by atoms with E-state index in [1.165, 1.54) is 6.33 Å². The van der Waals surface area contributed by atoms with Gasteiger partial charge in [0.25, 0.3) is 0 Å². The van der Waals surface area contributed by atoms with Gasteiger partial charge in [-0.25, -0.2) is 9.97 Å². The van der Waals surface area contributed by atoms with Gasteiger partial charge in [-0.05, 0) is 36.4 Å². The number of nitrogen functional groups attached to an aromatic ring is 1. The average molecular weight is 332 g/mol. The predicted molar refractivity (Wildman–Crippen MR) is 92.9 cm³/mol. The van der Waals surface area contributed by atoms with E-state index in [2.05, 4.69) is 20.4 Å². The zero-order chi connectivity index (χ0) is 17.2. The van der Waals surface area contributed by atoms with Crippen molar-refractivity contribution in [3.63, 3.8) is 0 Å². The first-order valence-electron chi connectivity index (χ1n) is 7.42. The maximum Gasteiger partial charge on any atom is 0.192 e. The van der Waals surface area contributed by atoms with Gasteiger partial charge in [-0.15, -0.1) is 10.0 Å².